The van der Waals surface area contributed by atoms with Crippen LogP contribution in [0.2, 0.25) is 0 Å². The number of rotatable bonds is 3. The SMILES string of the molecule is COc1cc(F)c(C=CC(=O)O)cc1F. The summed E-state index contributed by atoms with van der Waals surface area (Å²) < 4.78 is 30.8. The van der Waals surface area contributed by atoms with Gasteiger partial charge in [-0.25, -0.2) is 13.6 Å². The lowest BCUT2D eigenvalue weighted by molar-refractivity contribution is -0.131. The number of benzene rings is 1. The van der Waals surface area contributed by atoms with Gasteiger partial charge >= 0.3 is 5.97 Å². The molecule has 5 heteroatoms. The van der Waals surface area contributed by atoms with E-state index >= 15 is 0 Å². The summed E-state index contributed by atoms with van der Waals surface area (Å²) in [5.41, 5.74) is -0.143. The van der Waals surface area contributed by atoms with Crippen LogP contribution in [0.3, 0.4) is 0 Å². The van der Waals surface area contributed by atoms with Crippen LogP contribution >= 0.6 is 0 Å². The molecule has 0 fully saturated rings. The monoisotopic (exact) mass is 214 g/mol. The van der Waals surface area contributed by atoms with Gasteiger partial charge in [0.15, 0.2) is 11.6 Å². The number of methoxy groups -OCH3 is 1. The van der Waals surface area contributed by atoms with Gasteiger partial charge in [0.25, 0.3) is 0 Å². The first-order valence-electron chi connectivity index (χ1n) is 3.98. The van der Waals surface area contributed by atoms with E-state index in [1.54, 1.807) is 0 Å². The second-order valence-corrected chi connectivity index (χ2v) is 2.68. The van der Waals surface area contributed by atoms with Crippen LogP contribution in [0.4, 0.5) is 8.78 Å². The smallest absolute Gasteiger partial charge is 0.328 e. The van der Waals surface area contributed by atoms with Crippen molar-refractivity contribution in [2.24, 2.45) is 0 Å². The number of carbonyl (C=O) groups is 1. The van der Waals surface area contributed by atoms with E-state index in [1.165, 1.54) is 7.11 Å². The average Bonchev–Trinajstić information content (AvgIpc) is 2.18. The van der Waals surface area contributed by atoms with Gasteiger partial charge in [-0.3, -0.25) is 0 Å². The minimum atomic E-state index is -1.23. The molecular weight excluding hydrogens is 206 g/mol. The summed E-state index contributed by atoms with van der Waals surface area (Å²) in [6.45, 7) is 0. The maximum atomic E-state index is 13.2. The Morgan fingerprint density at radius 3 is 2.60 bits per heavy atom. The Hall–Kier alpha value is -1.91. The molecule has 1 rings (SSSR count). The summed E-state index contributed by atoms with van der Waals surface area (Å²) in [6, 6.07) is 1.73. The molecule has 0 amide bonds. The van der Waals surface area contributed by atoms with Crippen LogP contribution in [-0.2, 0) is 4.79 Å². The highest BCUT2D eigenvalue weighted by Crippen LogP contribution is 2.21. The highest BCUT2D eigenvalue weighted by atomic mass is 19.1. The minimum absolute atomic E-state index is 0.143. The third-order valence-corrected chi connectivity index (χ3v) is 1.68. The normalized spacial score (nSPS) is 10.6. The molecule has 1 aromatic carbocycles. The van der Waals surface area contributed by atoms with Crippen molar-refractivity contribution in [1.82, 2.24) is 0 Å². The third kappa shape index (κ3) is 2.77. The van der Waals surface area contributed by atoms with Crippen LogP contribution in [0.15, 0.2) is 18.2 Å². The number of carboxylic acid groups (broad SMARTS) is 1. The fourth-order valence-electron chi connectivity index (χ4n) is 0.989. The van der Waals surface area contributed by atoms with Crippen LogP contribution in [0.25, 0.3) is 6.08 Å². The maximum Gasteiger partial charge on any atom is 0.328 e. The molecule has 0 aliphatic heterocycles. The number of aliphatic carboxylic acids is 1. The van der Waals surface area contributed by atoms with Crippen molar-refractivity contribution < 1.29 is 23.4 Å². The Morgan fingerprint density at radius 1 is 1.40 bits per heavy atom. The lowest BCUT2D eigenvalue weighted by atomic mass is 10.2. The number of halogens is 2. The first-order chi connectivity index (χ1) is 7.04. The summed E-state index contributed by atoms with van der Waals surface area (Å²) >= 11 is 0. The number of hydrogen-bond donors (Lipinski definition) is 1. The van der Waals surface area contributed by atoms with E-state index in [0.717, 1.165) is 24.3 Å². The zero-order valence-corrected chi connectivity index (χ0v) is 7.83. The quantitative estimate of drug-likeness (QED) is 0.783. The molecule has 0 aliphatic rings. The van der Waals surface area contributed by atoms with Crippen LogP contribution in [0.1, 0.15) is 5.56 Å². The fraction of sp³-hybridized carbons (Fsp3) is 0.100. The predicted octanol–water partition coefficient (Wildman–Crippen LogP) is 2.07. The number of hydrogen-bond acceptors (Lipinski definition) is 2. The molecule has 0 aliphatic carbocycles. The highest BCUT2D eigenvalue weighted by molar-refractivity contribution is 5.85. The van der Waals surface area contributed by atoms with Crippen LogP contribution < -0.4 is 4.74 Å². The van der Waals surface area contributed by atoms with Gasteiger partial charge in [0.05, 0.1) is 7.11 Å². The molecular formula is C10H8F2O3. The van der Waals surface area contributed by atoms with Gasteiger partial charge in [-0.1, -0.05) is 0 Å². The van der Waals surface area contributed by atoms with Gasteiger partial charge in [0.1, 0.15) is 5.82 Å². The lowest BCUT2D eigenvalue weighted by Gasteiger charge is -2.03. The zero-order valence-electron chi connectivity index (χ0n) is 7.83. The van der Waals surface area contributed by atoms with Crippen molar-refractivity contribution in [1.29, 1.82) is 0 Å². The molecule has 0 heterocycles. The predicted molar refractivity (Wildman–Crippen MR) is 49.6 cm³/mol. The van der Waals surface area contributed by atoms with E-state index < -0.39 is 17.6 Å². The van der Waals surface area contributed by atoms with E-state index in [1.807, 2.05) is 0 Å². The molecule has 80 valence electrons. The third-order valence-electron chi connectivity index (χ3n) is 1.68. The van der Waals surface area contributed by atoms with E-state index in [-0.39, 0.29) is 11.3 Å². The summed E-state index contributed by atoms with van der Waals surface area (Å²) in [5.74, 6) is -2.94. The summed E-state index contributed by atoms with van der Waals surface area (Å²) in [6.07, 6.45) is 1.70. The maximum absolute atomic E-state index is 13.2. The fourth-order valence-corrected chi connectivity index (χ4v) is 0.989. The molecule has 1 N–H and O–H groups in total. The van der Waals surface area contributed by atoms with Crippen LogP contribution in [0, 0.1) is 11.6 Å². The number of ether oxygens (including phenoxy) is 1. The van der Waals surface area contributed by atoms with Gasteiger partial charge in [0.2, 0.25) is 0 Å². The second kappa shape index (κ2) is 4.54. The van der Waals surface area contributed by atoms with Crippen molar-refractivity contribution in [2.45, 2.75) is 0 Å². The zero-order chi connectivity index (χ0) is 11.4. The number of carboxylic acids is 1. The Labute approximate surface area is 84.6 Å². The van der Waals surface area contributed by atoms with Gasteiger partial charge in [0, 0.05) is 17.7 Å². The lowest BCUT2D eigenvalue weighted by Crippen LogP contribution is -1.93. The molecule has 0 saturated heterocycles. The van der Waals surface area contributed by atoms with E-state index in [0.29, 0.717) is 0 Å². The van der Waals surface area contributed by atoms with Gasteiger partial charge < -0.3 is 9.84 Å². The molecule has 0 aromatic heterocycles. The molecule has 3 nitrogen and oxygen atoms in total. The summed E-state index contributed by atoms with van der Waals surface area (Å²) in [7, 11) is 1.21. The molecule has 1 aromatic rings. The van der Waals surface area contributed by atoms with Crippen molar-refractivity contribution in [3.63, 3.8) is 0 Å². The Morgan fingerprint density at radius 2 is 2.07 bits per heavy atom. The minimum Gasteiger partial charge on any atom is -0.494 e. The molecule has 0 radical (unpaired) electrons. The van der Waals surface area contributed by atoms with Crippen molar-refractivity contribution in [3.05, 3.63) is 35.4 Å². The van der Waals surface area contributed by atoms with E-state index in [2.05, 4.69) is 4.74 Å². The molecule has 0 spiro atoms. The first kappa shape index (κ1) is 11.2. The summed E-state index contributed by atoms with van der Waals surface area (Å²) in [4.78, 5) is 10.2. The largest absolute Gasteiger partial charge is 0.494 e. The molecule has 0 saturated carbocycles. The van der Waals surface area contributed by atoms with Crippen molar-refractivity contribution in [3.8, 4) is 5.75 Å². The van der Waals surface area contributed by atoms with Gasteiger partial charge in [-0.15, -0.1) is 0 Å². The van der Waals surface area contributed by atoms with E-state index in [9.17, 15) is 13.6 Å². The summed E-state index contributed by atoms with van der Waals surface area (Å²) in [5, 5.41) is 8.31. The van der Waals surface area contributed by atoms with Gasteiger partial charge in [-0.05, 0) is 12.1 Å². The average molecular weight is 214 g/mol. The highest BCUT2D eigenvalue weighted by Gasteiger charge is 2.08. The molecule has 0 unspecified atom stereocenters. The second-order valence-electron chi connectivity index (χ2n) is 2.68. The van der Waals surface area contributed by atoms with Gasteiger partial charge in [-0.2, -0.15) is 0 Å². The molecule has 0 atom stereocenters. The Balaban J connectivity index is 3.10. The standard InChI is InChI=1S/C10H8F2O3/c1-15-9-5-7(11)6(4-8(9)12)2-3-10(13)14/h2-5H,1H3,(H,13,14). The molecule has 0 bridgehead atoms. The van der Waals surface area contributed by atoms with Crippen LogP contribution in [-0.4, -0.2) is 18.2 Å². The first-order valence-corrected chi connectivity index (χ1v) is 3.98. The van der Waals surface area contributed by atoms with Crippen LogP contribution in [0.5, 0.6) is 5.75 Å². The van der Waals surface area contributed by atoms with Crippen molar-refractivity contribution in [2.75, 3.05) is 7.11 Å². The Bertz CT molecular complexity index is 413. The van der Waals surface area contributed by atoms with E-state index in [4.69, 9.17) is 5.11 Å². The van der Waals surface area contributed by atoms with Crippen molar-refractivity contribution >= 4 is 12.0 Å². The molecule has 15 heavy (non-hydrogen) atoms. The Kier molecular flexibility index (Phi) is 3.38. The topological polar surface area (TPSA) is 46.5 Å².